The van der Waals surface area contributed by atoms with Crippen molar-refractivity contribution in [2.45, 2.75) is 49.2 Å². The van der Waals surface area contributed by atoms with E-state index in [2.05, 4.69) is 28.5 Å². The minimum atomic E-state index is -0.0809. The number of hydrogen-bond donors (Lipinski definition) is 1. The number of pyridine rings is 1. The number of benzene rings is 1. The molecule has 0 unspecified atom stereocenters. The number of nitrogens with zero attached hydrogens (tertiary/aromatic N) is 1. The van der Waals surface area contributed by atoms with Gasteiger partial charge in [0.2, 0.25) is 5.91 Å². The average Bonchev–Trinajstić information content (AvgIpc) is 2.67. The Bertz CT molecular complexity index is 783. The third-order valence-electron chi connectivity index (χ3n) is 6.76. The minimum absolute atomic E-state index is 0.0809. The highest BCUT2D eigenvalue weighted by molar-refractivity contribution is 7.98. The van der Waals surface area contributed by atoms with E-state index in [1.165, 1.54) is 29.7 Å². The summed E-state index contributed by atoms with van der Waals surface area (Å²) in [5.41, 5.74) is 2.07. The van der Waals surface area contributed by atoms with Crippen LogP contribution in [0.1, 0.15) is 44.1 Å². The number of carbonyl (C=O) groups is 1. The Kier molecular flexibility index (Phi) is 4.47. The maximum absolute atomic E-state index is 13.1. The molecule has 1 aromatic heterocycles. The maximum Gasteiger partial charge on any atom is 0.230 e. The van der Waals surface area contributed by atoms with Gasteiger partial charge in [0.05, 0.1) is 5.41 Å². The van der Waals surface area contributed by atoms with E-state index in [0.29, 0.717) is 0 Å². The lowest BCUT2D eigenvalue weighted by atomic mass is 9.49. The average molecular weight is 379 g/mol. The first kappa shape index (κ1) is 17.3. The molecule has 0 aliphatic heterocycles. The zero-order chi connectivity index (χ0) is 18.3. The fourth-order valence-electron chi connectivity index (χ4n) is 5.94. The molecule has 3 nitrogen and oxygen atoms in total. The topological polar surface area (TPSA) is 42.0 Å². The molecule has 27 heavy (non-hydrogen) atoms. The normalized spacial score (nSPS) is 31.0. The lowest BCUT2D eigenvalue weighted by Crippen LogP contribution is -2.51. The molecule has 1 amide bonds. The van der Waals surface area contributed by atoms with Gasteiger partial charge in [-0.3, -0.25) is 9.78 Å². The Hall–Kier alpha value is -1.81. The zero-order valence-corrected chi connectivity index (χ0v) is 16.4. The quantitative estimate of drug-likeness (QED) is 0.696. The van der Waals surface area contributed by atoms with E-state index in [4.69, 9.17) is 0 Å². The zero-order valence-electron chi connectivity index (χ0n) is 15.6. The van der Waals surface area contributed by atoms with Gasteiger partial charge in [0.1, 0.15) is 0 Å². The van der Waals surface area contributed by atoms with Gasteiger partial charge in [-0.05, 0) is 92.2 Å². The fourth-order valence-corrected chi connectivity index (χ4v) is 6.77. The maximum atomic E-state index is 13.1. The Morgan fingerprint density at radius 2 is 1.70 bits per heavy atom. The molecule has 0 saturated heterocycles. The molecule has 4 bridgehead atoms. The van der Waals surface area contributed by atoms with Crippen molar-refractivity contribution in [2.75, 3.05) is 5.32 Å². The largest absolute Gasteiger partial charge is 0.326 e. The van der Waals surface area contributed by atoms with Crippen molar-refractivity contribution in [3.05, 3.63) is 54.4 Å². The van der Waals surface area contributed by atoms with Gasteiger partial charge in [0.25, 0.3) is 0 Å². The van der Waals surface area contributed by atoms with Crippen LogP contribution < -0.4 is 5.32 Å². The van der Waals surface area contributed by atoms with Crippen molar-refractivity contribution >= 4 is 23.4 Å². The van der Waals surface area contributed by atoms with Crippen molar-refractivity contribution in [2.24, 2.45) is 23.2 Å². The third kappa shape index (κ3) is 3.52. The van der Waals surface area contributed by atoms with Crippen molar-refractivity contribution in [1.82, 2.24) is 4.98 Å². The molecule has 4 heteroatoms. The van der Waals surface area contributed by atoms with Crippen LogP contribution in [0.25, 0.3) is 0 Å². The first-order chi connectivity index (χ1) is 13.2. The summed E-state index contributed by atoms with van der Waals surface area (Å²) in [7, 11) is 0. The van der Waals surface area contributed by atoms with E-state index < -0.39 is 0 Å². The van der Waals surface area contributed by atoms with Gasteiger partial charge in [0.15, 0.2) is 0 Å². The second kappa shape index (κ2) is 6.97. The number of anilines is 1. The number of carbonyl (C=O) groups excluding carboxylic acids is 1. The lowest BCUT2D eigenvalue weighted by molar-refractivity contribution is -0.140. The highest BCUT2D eigenvalue weighted by Gasteiger charge is 2.54. The highest BCUT2D eigenvalue weighted by Crippen LogP contribution is 2.60. The van der Waals surface area contributed by atoms with E-state index in [1.807, 2.05) is 24.4 Å². The number of rotatable bonds is 5. The Morgan fingerprint density at radius 3 is 2.30 bits per heavy atom. The van der Waals surface area contributed by atoms with Crippen molar-refractivity contribution < 1.29 is 4.79 Å². The second-order valence-corrected chi connectivity index (χ2v) is 9.88. The van der Waals surface area contributed by atoms with Crippen molar-refractivity contribution in [3.8, 4) is 0 Å². The molecule has 4 aliphatic rings. The van der Waals surface area contributed by atoms with Gasteiger partial charge in [0, 0.05) is 28.7 Å². The summed E-state index contributed by atoms with van der Waals surface area (Å²) in [5.74, 6) is 3.58. The van der Waals surface area contributed by atoms with E-state index in [0.717, 1.165) is 48.5 Å². The summed E-state index contributed by atoms with van der Waals surface area (Å²) in [4.78, 5) is 18.5. The first-order valence-electron chi connectivity index (χ1n) is 10.1. The molecule has 6 rings (SSSR count). The Morgan fingerprint density at radius 1 is 1.04 bits per heavy atom. The van der Waals surface area contributed by atoms with Crippen LogP contribution in [0, 0.1) is 23.2 Å². The number of thioether (sulfide) groups is 1. The predicted octanol–water partition coefficient (Wildman–Crippen LogP) is 5.53. The number of hydrogen-bond acceptors (Lipinski definition) is 3. The van der Waals surface area contributed by atoms with Crippen LogP contribution in [0.5, 0.6) is 0 Å². The molecule has 1 heterocycles. The number of nitrogens with one attached hydrogen (secondary N) is 1. The lowest BCUT2D eigenvalue weighted by Gasteiger charge is -2.55. The highest BCUT2D eigenvalue weighted by atomic mass is 32.2. The summed E-state index contributed by atoms with van der Waals surface area (Å²) in [5, 5.41) is 3.24. The van der Waals surface area contributed by atoms with Crippen LogP contribution in [0.3, 0.4) is 0 Å². The molecule has 0 atom stereocenters. The van der Waals surface area contributed by atoms with Crippen molar-refractivity contribution in [1.29, 1.82) is 0 Å². The predicted molar refractivity (Wildman–Crippen MR) is 109 cm³/mol. The van der Waals surface area contributed by atoms with E-state index in [-0.39, 0.29) is 11.3 Å². The number of amides is 1. The smallest absolute Gasteiger partial charge is 0.230 e. The molecule has 4 aliphatic carbocycles. The van der Waals surface area contributed by atoms with Gasteiger partial charge in [-0.15, -0.1) is 11.8 Å². The van der Waals surface area contributed by atoms with Crippen molar-refractivity contribution in [3.63, 3.8) is 0 Å². The van der Waals surface area contributed by atoms with Gasteiger partial charge < -0.3 is 5.32 Å². The molecule has 4 fully saturated rings. The van der Waals surface area contributed by atoms with E-state index in [9.17, 15) is 4.79 Å². The first-order valence-corrected chi connectivity index (χ1v) is 11.1. The molecule has 1 N–H and O–H groups in total. The van der Waals surface area contributed by atoms with Crippen LogP contribution in [0.2, 0.25) is 0 Å². The SMILES string of the molecule is O=C(Nc1ccc(SCc2cccnc2)cc1)C12CC3CC(CC(C3)C1)C2. The molecular weight excluding hydrogens is 352 g/mol. The van der Waals surface area contributed by atoms with E-state index in [1.54, 1.807) is 18.0 Å². The Balaban J connectivity index is 1.22. The molecule has 140 valence electrons. The van der Waals surface area contributed by atoms with E-state index >= 15 is 0 Å². The summed E-state index contributed by atoms with van der Waals surface area (Å²) < 4.78 is 0. The van der Waals surface area contributed by atoms with Crippen LogP contribution >= 0.6 is 11.8 Å². The minimum Gasteiger partial charge on any atom is -0.326 e. The summed E-state index contributed by atoms with van der Waals surface area (Å²) in [6.07, 6.45) is 11.2. The summed E-state index contributed by atoms with van der Waals surface area (Å²) in [6.45, 7) is 0. The third-order valence-corrected chi connectivity index (χ3v) is 7.84. The Labute approximate surface area is 165 Å². The monoisotopic (exact) mass is 378 g/mol. The van der Waals surface area contributed by atoms with Crippen LogP contribution in [0.4, 0.5) is 5.69 Å². The fraction of sp³-hybridized carbons (Fsp3) is 0.478. The van der Waals surface area contributed by atoms with Gasteiger partial charge in [-0.2, -0.15) is 0 Å². The molecule has 1 aromatic carbocycles. The number of aromatic nitrogens is 1. The van der Waals surface area contributed by atoms with Crippen LogP contribution in [0.15, 0.2) is 53.7 Å². The molecule has 4 saturated carbocycles. The summed E-state index contributed by atoms with van der Waals surface area (Å²) >= 11 is 1.80. The van der Waals surface area contributed by atoms with Crippen LogP contribution in [-0.4, -0.2) is 10.9 Å². The molecular formula is C23H26N2OS. The van der Waals surface area contributed by atoms with Gasteiger partial charge in [-0.1, -0.05) is 6.07 Å². The standard InChI is InChI=1S/C23H26N2OS/c26-22(23-11-17-8-18(12-23)10-19(9-17)13-23)25-20-3-5-21(6-4-20)27-15-16-2-1-7-24-14-16/h1-7,14,17-19H,8-13,15H2,(H,25,26). The summed E-state index contributed by atoms with van der Waals surface area (Å²) in [6, 6.07) is 12.4. The van der Waals surface area contributed by atoms with Gasteiger partial charge >= 0.3 is 0 Å². The van der Waals surface area contributed by atoms with Gasteiger partial charge in [-0.25, -0.2) is 0 Å². The van der Waals surface area contributed by atoms with Crippen LogP contribution in [-0.2, 0) is 10.5 Å². The second-order valence-electron chi connectivity index (χ2n) is 8.83. The molecule has 0 radical (unpaired) electrons. The molecule has 2 aromatic rings. The molecule has 0 spiro atoms.